The minimum Gasteiger partial charge on any atom is -0.461 e. The van der Waals surface area contributed by atoms with Gasteiger partial charge in [0.15, 0.2) is 5.15 Å². The molecule has 180 valence electrons. The molecule has 0 radical (unpaired) electrons. The molecule has 34 heavy (non-hydrogen) atoms. The number of carbonyl (C=O) groups excluding carboxylic acids is 1. The molecule has 0 amide bonds. The number of esters is 1. The number of halogens is 3. The van der Waals surface area contributed by atoms with E-state index in [1.54, 1.807) is 6.20 Å². The topological polar surface area (TPSA) is 102 Å². The average Bonchev–Trinajstić information content (AvgIpc) is 2.84. The number of hydrogen-bond acceptors (Lipinski definition) is 8. The summed E-state index contributed by atoms with van der Waals surface area (Å²) in [6.45, 7) is 1.97. The highest BCUT2D eigenvalue weighted by atomic mass is 35.5. The number of nitrogens with zero attached hydrogens (tertiary/aromatic N) is 4. The van der Waals surface area contributed by atoms with Gasteiger partial charge in [-0.15, -0.1) is 0 Å². The van der Waals surface area contributed by atoms with Gasteiger partial charge in [0.2, 0.25) is 5.95 Å². The highest BCUT2D eigenvalue weighted by Gasteiger charge is 2.43. The van der Waals surface area contributed by atoms with E-state index in [2.05, 4.69) is 35.3 Å². The summed E-state index contributed by atoms with van der Waals surface area (Å²) in [6.07, 6.45) is 7.47. The molecule has 8 nitrogen and oxygen atoms in total. The van der Waals surface area contributed by atoms with E-state index >= 15 is 0 Å². The molecule has 3 aromatic heterocycles. The lowest BCUT2D eigenvalue weighted by molar-refractivity contribution is -0.173. The Morgan fingerprint density at radius 3 is 2.59 bits per heavy atom. The molecular weight excluding hydrogens is 466 g/mol. The van der Waals surface area contributed by atoms with Gasteiger partial charge in [-0.25, -0.2) is 24.7 Å². The first-order chi connectivity index (χ1) is 16.4. The van der Waals surface area contributed by atoms with Gasteiger partial charge in [-0.1, -0.05) is 11.6 Å². The van der Waals surface area contributed by atoms with Gasteiger partial charge < -0.3 is 15.4 Å². The fraction of sp³-hybridized carbons (Fsp3) is 0.435. The lowest BCUT2D eigenvalue weighted by Crippen LogP contribution is -2.30. The second-order valence-corrected chi connectivity index (χ2v) is 8.56. The Bertz CT molecular complexity index is 1140. The van der Waals surface area contributed by atoms with Crippen molar-refractivity contribution in [3.63, 3.8) is 0 Å². The summed E-state index contributed by atoms with van der Waals surface area (Å²) in [7, 11) is 0. The number of ether oxygens (including phenoxy) is 1. The number of aromatic nitrogens is 4. The van der Waals surface area contributed by atoms with Gasteiger partial charge in [-0.2, -0.15) is 8.78 Å². The fourth-order valence-corrected chi connectivity index (χ4v) is 4.18. The van der Waals surface area contributed by atoms with Crippen LogP contribution in [0.1, 0.15) is 38.2 Å². The number of fused-ring (bicyclic) bond motifs is 1. The number of hydrogen-bond donors (Lipinski definition) is 2. The third kappa shape index (κ3) is 5.49. The normalized spacial score (nSPS) is 18.5. The predicted molar refractivity (Wildman–Crippen MR) is 125 cm³/mol. The monoisotopic (exact) mass is 490 g/mol. The van der Waals surface area contributed by atoms with Gasteiger partial charge in [-0.05, 0) is 56.7 Å². The molecule has 3 aromatic rings. The van der Waals surface area contributed by atoms with Crippen LogP contribution in [0.2, 0.25) is 5.15 Å². The molecule has 1 saturated carbocycles. The fourth-order valence-electron chi connectivity index (χ4n) is 3.97. The van der Waals surface area contributed by atoms with Crippen molar-refractivity contribution in [2.75, 3.05) is 23.8 Å². The number of pyridine rings is 2. The van der Waals surface area contributed by atoms with Gasteiger partial charge in [0.1, 0.15) is 11.3 Å². The predicted octanol–water partition coefficient (Wildman–Crippen LogP) is 4.81. The van der Waals surface area contributed by atoms with Crippen molar-refractivity contribution in [1.29, 1.82) is 0 Å². The van der Waals surface area contributed by atoms with Gasteiger partial charge >= 0.3 is 11.9 Å². The van der Waals surface area contributed by atoms with Crippen LogP contribution >= 0.6 is 11.6 Å². The van der Waals surface area contributed by atoms with E-state index in [1.807, 2.05) is 18.2 Å². The summed E-state index contributed by atoms with van der Waals surface area (Å²) >= 11 is 6.16. The maximum absolute atomic E-state index is 14.0. The molecule has 11 heteroatoms. The zero-order valence-corrected chi connectivity index (χ0v) is 19.4. The van der Waals surface area contributed by atoms with Crippen LogP contribution in [0, 0.1) is 5.92 Å². The second-order valence-electron chi connectivity index (χ2n) is 8.20. The van der Waals surface area contributed by atoms with Crippen LogP contribution in [0.15, 0.2) is 36.8 Å². The van der Waals surface area contributed by atoms with Crippen LogP contribution in [0.3, 0.4) is 0 Å². The van der Waals surface area contributed by atoms with Crippen LogP contribution in [0.5, 0.6) is 0 Å². The van der Waals surface area contributed by atoms with Gasteiger partial charge in [0.25, 0.3) is 0 Å². The van der Waals surface area contributed by atoms with Gasteiger partial charge in [-0.3, -0.25) is 0 Å². The van der Waals surface area contributed by atoms with Crippen LogP contribution in [0.4, 0.5) is 20.5 Å². The molecule has 1 aliphatic carbocycles. The molecule has 1 fully saturated rings. The molecule has 4 rings (SSSR count). The van der Waals surface area contributed by atoms with Crippen LogP contribution in [0.25, 0.3) is 10.9 Å². The van der Waals surface area contributed by atoms with E-state index in [-0.39, 0.29) is 12.6 Å². The highest BCUT2D eigenvalue weighted by Crippen LogP contribution is 2.30. The average molecular weight is 491 g/mol. The maximum atomic E-state index is 14.0. The smallest absolute Gasteiger partial charge is 0.382 e. The van der Waals surface area contributed by atoms with Crippen molar-refractivity contribution in [2.45, 2.75) is 44.6 Å². The Balaban J connectivity index is 1.25. The number of nitrogens with one attached hydrogen (secondary N) is 2. The summed E-state index contributed by atoms with van der Waals surface area (Å²) in [5, 5.41) is 7.91. The number of alkyl halides is 2. The Morgan fingerprint density at radius 2 is 1.88 bits per heavy atom. The molecule has 0 saturated heterocycles. The Hall–Kier alpha value is -3.14. The zero-order valence-electron chi connectivity index (χ0n) is 18.6. The molecule has 0 atom stereocenters. The third-order valence-electron chi connectivity index (χ3n) is 5.86. The van der Waals surface area contributed by atoms with Gasteiger partial charge in [0, 0.05) is 36.6 Å². The van der Waals surface area contributed by atoms with Crippen molar-refractivity contribution in [1.82, 2.24) is 19.9 Å². The minimum absolute atomic E-state index is 0.128. The standard InChI is InChI=1S/C23H25ClF2N6O2/c1-2-34-21(33)23(25,26)16-12-29-22(30-13-16)28-11-14-3-6-17(7-4-14)31-18-8-5-15-9-10-27-20(24)19(15)32-18/h5,8-10,12-14,17H,2-4,6-7,11H2,1H3,(H,31,32)(H,28,29,30)/t14-,17-. The third-order valence-corrected chi connectivity index (χ3v) is 6.13. The number of rotatable bonds is 8. The second kappa shape index (κ2) is 10.4. The van der Waals surface area contributed by atoms with Crippen LogP contribution in [-0.4, -0.2) is 45.1 Å². The lowest BCUT2D eigenvalue weighted by atomic mass is 9.86. The zero-order chi connectivity index (χ0) is 24.1. The van der Waals surface area contributed by atoms with E-state index in [0.717, 1.165) is 49.3 Å². The molecule has 2 N–H and O–H groups in total. The summed E-state index contributed by atoms with van der Waals surface area (Å²) < 4.78 is 32.5. The molecule has 0 aliphatic heterocycles. The Labute approximate surface area is 200 Å². The lowest BCUT2D eigenvalue weighted by Gasteiger charge is -2.29. The highest BCUT2D eigenvalue weighted by molar-refractivity contribution is 6.33. The van der Waals surface area contributed by atoms with E-state index in [0.29, 0.717) is 29.2 Å². The summed E-state index contributed by atoms with van der Waals surface area (Å²) in [5.41, 5.74) is 0.0838. The van der Waals surface area contributed by atoms with Crippen molar-refractivity contribution in [3.8, 4) is 0 Å². The molecule has 0 spiro atoms. The molecule has 0 aromatic carbocycles. The first kappa shape index (κ1) is 24.0. The molecule has 0 unspecified atom stereocenters. The van der Waals surface area contributed by atoms with Crippen LogP contribution in [-0.2, 0) is 15.5 Å². The first-order valence-electron chi connectivity index (χ1n) is 11.2. The largest absolute Gasteiger partial charge is 0.461 e. The minimum atomic E-state index is -3.78. The maximum Gasteiger partial charge on any atom is 0.382 e. The van der Waals surface area contributed by atoms with Crippen molar-refractivity contribution < 1.29 is 18.3 Å². The number of carbonyl (C=O) groups is 1. The van der Waals surface area contributed by atoms with Crippen LogP contribution < -0.4 is 10.6 Å². The first-order valence-corrected chi connectivity index (χ1v) is 11.5. The number of anilines is 2. The summed E-state index contributed by atoms with van der Waals surface area (Å²) in [5.74, 6) is -3.96. The van der Waals surface area contributed by atoms with Crippen molar-refractivity contribution >= 4 is 40.2 Å². The Kier molecular flexibility index (Phi) is 7.35. The van der Waals surface area contributed by atoms with Gasteiger partial charge in [0.05, 0.1) is 12.2 Å². The van der Waals surface area contributed by atoms with Crippen molar-refractivity contribution in [2.24, 2.45) is 5.92 Å². The molecule has 3 heterocycles. The van der Waals surface area contributed by atoms with Crippen molar-refractivity contribution in [3.05, 3.63) is 47.5 Å². The van der Waals surface area contributed by atoms with E-state index in [4.69, 9.17) is 11.6 Å². The summed E-state index contributed by atoms with van der Waals surface area (Å²) in [4.78, 5) is 28.0. The van der Waals surface area contributed by atoms with E-state index in [9.17, 15) is 13.6 Å². The quantitative estimate of drug-likeness (QED) is 0.342. The van der Waals surface area contributed by atoms with E-state index in [1.165, 1.54) is 6.92 Å². The molecule has 1 aliphatic rings. The summed E-state index contributed by atoms with van der Waals surface area (Å²) in [6, 6.07) is 6.09. The molecule has 0 bridgehead atoms. The van der Waals surface area contributed by atoms with E-state index < -0.39 is 17.5 Å². The molecular formula is C23H25ClF2N6O2. The SMILES string of the molecule is CCOC(=O)C(F)(F)c1cnc(NC[C@H]2CC[C@H](Nc3ccc4ccnc(Cl)c4n3)CC2)nc1. The Morgan fingerprint density at radius 1 is 1.15 bits per heavy atom.